The lowest BCUT2D eigenvalue weighted by Crippen LogP contribution is -2.10. The van der Waals surface area contributed by atoms with E-state index in [0.29, 0.717) is 26.4 Å². The van der Waals surface area contributed by atoms with Crippen LogP contribution in [-0.4, -0.2) is 39.3 Å². The van der Waals surface area contributed by atoms with Crippen molar-refractivity contribution in [1.29, 1.82) is 0 Å². The largest absolute Gasteiger partial charge is 0.380 e. The summed E-state index contributed by atoms with van der Waals surface area (Å²) < 4.78 is 9.95. The summed E-state index contributed by atoms with van der Waals surface area (Å²) >= 11 is 0. The predicted molar refractivity (Wildman–Crippen MR) is 41.4 cm³/mol. The summed E-state index contributed by atoms with van der Waals surface area (Å²) in [5.74, 6) is 0. The number of carbonyl (C=O) groups excluding carboxylic acids is 1. The van der Waals surface area contributed by atoms with Gasteiger partial charge in [-0.3, -0.25) is 0 Å². The molecule has 4 heteroatoms. The molecule has 0 aliphatic carbocycles. The molecular formula is C7H15NO3. The van der Waals surface area contributed by atoms with E-state index in [1.807, 2.05) is 0 Å². The predicted octanol–water partition coefficient (Wildman–Crippen LogP) is -0.433. The number of aldehydes is 1. The third-order valence-corrected chi connectivity index (χ3v) is 1.03. The Kier molecular flexibility index (Phi) is 9.16. The van der Waals surface area contributed by atoms with Gasteiger partial charge in [-0.2, -0.15) is 0 Å². The lowest BCUT2D eigenvalue weighted by molar-refractivity contribution is -0.112. The molecule has 0 aromatic carbocycles. The first-order chi connectivity index (χ1) is 5.41. The maximum atomic E-state index is 9.77. The van der Waals surface area contributed by atoms with Crippen LogP contribution in [0.15, 0.2) is 0 Å². The number of hydrogen-bond donors (Lipinski definition) is 1. The Bertz CT molecular complexity index is 87.8. The standard InChI is InChI=1S/C7H15NO3/c8-2-6-10-4-1-5-11-7-3-9/h3H,1-2,4-8H2. The zero-order valence-electron chi connectivity index (χ0n) is 6.62. The van der Waals surface area contributed by atoms with Crippen molar-refractivity contribution in [2.45, 2.75) is 6.42 Å². The molecule has 0 unspecified atom stereocenters. The lowest BCUT2D eigenvalue weighted by atomic mass is 10.5. The van der Waals surface area contributed by atoms with Crippen LogP contribution in [-0.2, 0) is 14.3 Å². The van der Waals surface area contributed by atoms with Crippen molar-refractivity contribution < 1.29 is 14.3 Å². The zero-order chi connectivity index (χ0) is 8.36. The molecule has 0 aromatic heterocycles. The molecule has 0 aromatic rings. The Morgan fingerprint density at radius 3 is 2.55 bits per heavy atom. The molecule has 2 N–H and O–H groups in total. The SMILES string of the molecule is NCCOCCCOCC=O. The van der Waals surface area contributed by atoms with E-state index in [1.165, 1.54) is 0 Å². The van der Waals surface area contributed by atoms with E-state index < -0.39 is 0 Å². The molecule has 66 valence electrons. The summed E-state index contributed by atoms with van der Waals surface area (Å²) in [6.45, 7) is 2.54. The highest BCUT2D eigenvalue weighted by atomic mass is 16.5. The van der Waals surface area contributed by atoms with Gasteiger partial charge in [-0.25, -0.2) is 0 Å². The normalized spacial score (nSPS) is 9.91. The molecule has 0 aliphatic heterocycles. The molecule has 0 atom stereocenters. The third kappa shape index (κ3) is 9.55. The van der Waals surface area contributed by atoms with E-state index in [9.17, 15) is 4.79 Å². The van der Waals surface area contributed by atoms with Gasteiger partial charge in [-0.15, -0.1) is 0 Å². The quantitative estimate of drug-likeness (QED) is 0.387. The molecule has 0 rings (SSSR count). The second kappa shape index (κ2) is 9.55. The summed E-state index contributed by atoms with van der Waals surface area (Å²) in [6.07, 6.45) is 1.55. The van der Waals surface area contributed by atoms with Gasteiger partial charge in [0.2, 0.25) is 0 Å². The summed E-state index contributed by atoms with van der Waals surface area (Å²) in [4.78, 5) is 9.77. The number of carbonyl (C=O) groups is 1. The van der Waals surface area contributed by atoms with Crippen LogP contribution in [0, 0.1) is 0 Å². The van der Waals surface area contributed by atoms with Crippen molar-refractivity contribution >= 4 is 6.29 Å². The van der Waals surface area contributed by atoms with Crippen LogP contribution in [0.5, 0.6) is 0 Å². The lowest BCUT2D eigenvalue weighted by Gasteiger charge is -2.01. The van der Waals surface area contributed by atoms with Crippen LogP contribution in [0.2, 0.25) is 0 Å². The van der Waals surface area contributed by atoms with Gasteiger partial charge in [0, 0.05) is 19.8 Å². The highest BCUT2D eigenvalue weighted by molar-refractivity contribution is 5.50. The van der Waals surface area contributed by atoms with Crippen LogP contribution in [0.3, 0.4) is 0 Å². The maximum Gasteiger partial charge on any atom is 0.145 e. The van der Waals surface area contributed by atoms with Gasteiger partial charge >= 0.3 is 0 Å². The second-order valence-electron chi connectivity index (χ2n) is 2.00. The smallest absolute Gasteiger partial charge is 0.145 e. The van der Waals surface area contributed by atoms with Crippen molar-refractivity contribution in [2.75, 3.05) is 33.0 Å². The van der Waals surface area contributed by atoms with E-state index in [2.05, 4.69) is 0 Å². The Morgan fingerprint density at radius 1 is 1.18 bits per heavy atom. The summed E-state index contributed by atoms with van der Waals surface area (Å²) in [5.41, 5.74) is 5.19. The van der Waals surface area contributed by atoms with Crippen molar-refractivity contribution in [3.8, 4) is 0 Å². The zero-order valence-corrected chi connectivity index (χ0v) is 6.62. The number of hydrogen-bond acceptors (Lipinski definition) is 4. The van der Waals surface area contributed by atoms with Crippen molar-refractivity contribution in [3.05, 3.63) is 0 Å². The first-order valence-electron chi connectivity index (χ1n) is 3.71. The fraction of sp³-hybridized carbons (Fsp3) is 0.857. The molecule has 11 heavy (non-hydrogen) atoms. The first kappa shape index (κ1) is 10.6. The van der Waals surface area contributed by atoms with Crippen molar-refractivity contribution in [1.82, 2.24) is 0 Å². The van der Waals surface area contributed by atoms with Crippen molar-refractivity contribution in [3.63, 3.8) is 0 Å². The Morgan fingerprint density at radius 2 is 1.91 bits per heavy atom. The van der Waals surface area contributed by atoms with Crippen LogP contribution in [0.4, 0.5) is 0 Å². The third-order valence-electron chi connectivity index (χ3n) is 1.03. The van der Waals surface area contributed by atoms with E-state index in [4.69, 9.17) is 15.2 Å². The molecule has 4 nitrogen and oxygen atoms in total. The molecule has 0 radical (unpaired) electrons. The second-order valence-corrected chi connectivity index (χ2v) is 2.00. The Balaban J connectivity index is 2.74. The number of ether oxygens (including phenoxy) is 2. The summed E-state index contributed by atoms with van der Waals surface area (Å²) in [5, 5.41) is 0. The fourth-order valence-electron chi connectivity index (χ4n) is 0.580. The topological polar surface area (TPSA) is 61.6 Å². The van der Waals surface area contributed by atoms with Gasteiger partial charge in [0.05, 0.1) is 6.61 Å². The van der Waals surface area contributed by atoms with Gasteiger partial charge < -0.3 is 20.0 Å². The minimum Gasteiger partial charge on any atom is -0.380 e. The van der Waals surface area contributed by atoms with Gasteiger partial charge in [-0.1, -0.05) is 0 Å². The van der Waals surface area contributed by atoms with Crippen molar-refractivity contribution in [2.24, 2.45) is 5.73 Å². The minimum absolute atomic E-state index is 0.177. The molecule has 0 saturated heterocycles. The van der Waals surface area contributed by atoms with E-state index >= 15 is 0 Å². The number of nitrogens with two attached hydrogens (primary N) is 1. The molecule has 0 amide bonds. The minimum atomic E-state index is 0.177. The molecule has 0 aliphatic rings. The summed E-state index contributed by atoms with van der Waals surface area (Å²) in [6, 6.07) is 0. The highest BCUT2D eigenvalue weighted by Gasteiger charge is 1.87. The molecule has 0 spiro atoms. The van der Waals surface area contributed by atoms with Crippen LogP contribution in [0.25, 0.3) is 0 Å². The van der Waals surface area contributed by atoms with Gasteiger partial charge in [0.15, 0.2) is 0 Å². The van der Waals surface area contributed by atoms with Gasteiger partial charge in [0.25, 0.3) is 0 Å². The Hall–Kier alpha value is -0.450. The average molecular weight is 161 g/mol. The fourth-order valence-corrected chi connectivity index (χ4v) is 0.580. The first-order valence-corrected chi connectivity index (χ1v) is 3.71. The maximum absolute atomic E-state index is 9.77. The molecular weight excluding hydrogens is 146 g/mol. The summed E-state index contributed by atoms with van der Waals surface area (Å²) in [7, 11) is 0. The van der Waals surface area contributed by atoms with Crippen LogP contribution >= 0.6 is 0 Å². The average Bonchev–Trinajstić information content (AvgIpc) is 2.03. The van der Waals surface area contributed by atoms with Crippen LogP contribution < -0.4 is 5.73 Å². The molecule has 0 fully saturated rings. The molecule has 0 saturated carbocycles. The molecule has 0 heterocycles. The highest BCUT2D eigenvalue weighted by Crippen LogP contribution is 1.83. The monoisotopic (exact) mass is 161 g/mol. The van der Waals surface area contributed by atoms with E-state index in [-0.39, 0.29) is 6.61 Å². The van der Waals surface area contributed by atoms with E-state index in [1.54, 1.807) is 0 Å². The van der Waals surface area contributed by atoms with Gasteiger partial charge in [-0.05, 0) is 6.42 Å². The van der Waals surface area contributed by atoms with E-state index in [0.717, 1.165) is 12.7 Å². The Labute approximate surface area is 66.7 Å². The molecule has 0 bridgehead atoms. The number of rotatable bonds is 8. The van der Waals surface area contributed by atoms with Gasteiger partial charge in [0.1, 0.15) is 12.9 Å². The van der Waals surface area contributed by atoms with Crippen LogP contribution in [0.1, 0.15) is 6.42 Å².